The van der Waals surface area contributed by atoms with Gasteiger partial charge in [-0.3, -0.25) is 4.98 Å². The molecule has 7 heteroatoms. The average molecular weight is 241 g/mol. The number of alkyl halides is 1. The molecule has 1 N–H and O–H groups in total. The first-order valence-corrected chi connectivity index (χ1v) is 5.52. The van der Waals surface area contributed by atoms with E-state index in [9.17, 15) is 0 Å². The fourth-order valence-corrected chi connectivity index (χ4v) is 1.31. The van der Waals surface area contributed by atoms with E-state index in [2.05, 4.69) is 39.7 Å². The highest BCUT2D eigenvalue weighted by molar-refractivity contribution is 6.21. The minimum atomic E-state index is 0.0618. The second kappa shape index (κ2) is 4.61. The lowest BCUT2D eigenvalue weighted by atomic mass is 10.1. The molecule has 1 unspecified atom stereocenters. The predicted molar refractivity (Wildman–Crippen MR) is 61.5 cm³/mol. The van der Waals surface area contributed by atoms with Gasteiger partial charge in [0.25, 0.3) is 0 Å². The van der Waals surface area contributed by atoms with Crippen molar-refractivity contribution in [2.24, 2.45) is 5.92 Å². The Hall–Kier alpha value is -1.43. The zero-order chi connectivity index (χ0) is 11.5. The summed E-state index contributed by atoms with van der Waals surface area (Å²) in [5, 5.41) is 14.5. The van der Waals surface area contributed by atoms with Crippen LogP contribution in [0.4, 0.5) is 5.82 Å². The average Bonchev–Trinajstić information content (AvgIpc) is 2.73. The number of tetrazole rings is 1. The Bertz CT molecular complexity index is 468. The van der Waals surface area contributed by atoms with Crippen molar-refractivity contribution in [2.45, 2.75) is 19.2 Å². The largest absolute Gasteiger partial charge is 0.367 e. The van der Waals surface area contributed by atoms with Crippen LogP contribution in [0.2, 0.25) is 0 Å². The van der Waals surface area contributed by atoms with Gasteiger partial charge in [-0.05, 0) is 16.3 Å². The molecule has 0 aliphatic heterocycles. The van der Waals surface area contributed by atoms with Crippen LogP contribution in [-0.4, -0.2) is 36.9 Å². The third-order valence-electron chi connectivity index (χ3n) is 2.31. The minimum absolute atomic E-state index is 0.0618. The van der Waals surface area contributed by atoms with Crippen LogP contribution in [0.25, 0.3) is 5.65 Å². The molecule has 1 atom stereocenters. The Morgan fingerprint density at radius 3 is 3.00 bits per heavy atom. The van der Waals surface area contributed by atoms with Crippen molar-refractivity contribution in [1.29, 1.82) is 0 Å². The summed E-state index contributed by atoms with van der Waals surface area (Å²) in [6, 6.07) is 0. The van der Waals surface area contributed by atoms with Gasteiger partial charge in [0, 0.05) is 6.54 Å². The zero-order valence-electron chi connectivity index (χ0n) is 9.13. The number of nitrogens with one attached hydrogen (secondary N) is 1. The molecular weight excluding hydrogens is 228 g/mol. The molecule has 0 saturated carbocycles. The van der Waals surface area contributed by atoms with Crippen LogP contribution in [0.15, 0.2) is 12.4 Å². The number of rotatable bonds is 4. The quantitative estimate of drug-likeness (QED) is 0.814. The van der Waals surface area contributed by atoms with Crippen LogP contribution in [0.5, 0.6) is 0 Å². The standard InChI is InChI=1S/C9H13ClN6/c1-6(2)7(10)3-12-8-4-11-5-9-13-14-15-16(8)9/h4-7,12H,3H2,1-2H3. The smallest absolute Gasteiger partial charge is 0.199 e. The van der Waals surface area contributed by atoms with Gasteiger partial charge < -0.3 is 5.32 Å². The molecule has 2 aromatic rings. The molecule has 0 aliphatic rings. The highest BCUT2D eigenvalue weighted by Crippen LogP contribution is 2.11. The van der Waals surface area contributed by atoms with E-state index in [-0.39, 0.29) is 5.38 Å². The number of aromatic nitrogens is 5. The molecule has 86 valence electrons. The van der Waals surface area contributed by atoms with E-state index < -0.39 is 0 Å². The van der Waals surface area contributed by atoms with E-state index in [4.69, 9.17) is 11.6 Å². The van der Waals surface area contributed by atoms with Gasteiger partial charge in [0.05, 0.1) is 17.8 Å². The molecule has 0 radical (unpaired) electrons. The first-order chi connectivity index (χ1) is 7.68. The van der Waals surface area contributed by atoms with Gasteiger partial charge in [-0.2, -0.15) is 4.52 Å². The summed E-state index contributed by atoms with van der Waals surface area (Å²) in [6.45, 7) is 4.81. The molecule has 0 aliphatic carbocycles. The van der Waals surface area contributed by atoms with Gasteiger partial charge in [0.2, 0.25) is 0 Å². The van der Waals surface area contributed by atoms with Crippen LogP contribution in [0, 0.1) is 5.92 Å². The molecule has 2 rings (SSSR count). The summed E-state index contributed by atoms with van der Waals surface area (Å²) in [4.78, 5) is 4.04. The lowest BCUT2D eigenvalue weighted by Gasteiger charge is -2.14. The Morgan fingerprint density at radius 1 is 1.44 bits per heavy atom. The highest BCUT2D eigenvalue weighted by atomic mass is 35.5. The number of nitrogens with zero attached hydrogens (tertiary/aromatic N) is 5. The summed E-state index contributed by atoms with van der Waals surface area (Å²) >= 11 is 6.15. The van der Waals surface area contributed by atoms with E-state index in [1.54, 1.807) is 16.9 Å². The molecule has 2 heterocycles. The van der Waals surface area contributed by atoms with Crippen molar-refractivity contribution in [3.63, 3.8) is 0 Å². The monoisotopic (exact) mass is 240 g/mol. The minimum Gasteiger partial charge on any atom is -0.367 e. The number of anilines is 1. The maximum absolute atomic E-state index is 6.15. The molecule has 0 amide bonds. The van der Waals surface area contributed by atoms with E-state index in [1.807, 2.05) is 0 Å². The summed E-state index contributed by atoms with van der Waals surface area (Å²) in [5.41, 5.74) is 0.612. The Balaban J connectivity index is 2.12. The zero-order valence-corrected chi connectivity index (χ0v) is 9.89. The molecule has 6 nitrogen and oxygen atoms in total. The first-order valence-electron chi connectivity index (χ1n) is 5.08. The molecule has 0 bridgehead atoms. The van der Waals surface area contributed by atoms with Crippen molar-refractivity contribution >= 4 is 23.1 Å². The molecule has 2 aromatic heterocycles. The molecule has 0 fully saturated rings. The Morgan fingerprint density at radius 2 is 2.25 bits per heavy atom. The maximum Gasteiger partial charge on any atom is 0.199 e. The van der Waals surface area contributed by atoms with Crippen LogP contribution in [0.3, 0.4) is 0 Å². The third-order valence-corrected chi connectivity index (χ3v) is 2.97. The van der Waals surface area contributed by atoms with E-state index in [0.717, 1.165) is 5.82 Å². The van der Waals surface area contributed by atoms with E-state index in [1.165, 1.54) is 0 Å². The number of halogens is 1. The molecule has 0 spiro atoms. The third kappa shape index (κ3) is 2.21. The fourth-order valence-electron chi connectivity index (χ4n) is 1.23. The Labute approximate surface area is 98.0 Å². The van der Waals surface area contributed by atoms with Gasteiger partial charge in [0.1, 0.15) is 5.82 Å². The van der Waals surface area contributed by atoms with Crippen molar-refractivity contribution in [3.8, 4) is 0 Å². The topological polar surface area (TPSA) is 68.0 Å². The first kappa shape index (κ1) is 11.1. The second-order valence-electron chi connectivity index (χ2n) is 3.88. The van der Waals surface area contributed by atoms with Crippen LogP contribution < -0.4 is 5.32 Å². The van der Waals surface area contributed by atoms with Gasteiger partial charge in [-0.15, -0.1) is 16.7 Å². The molecular formula is C9H13ClN6. The van der Waals surface area contributed by atoms with Gasteiger partial charge >= 0.3 is 0 Å². The molecule has 0 aromatic carbocycles. The van der Waals surface area contributed by atoms with Crippen molar-refractivity contribution < 1.29 is 0 Å². The van der Waals surface area contributed by atoms with Crippen molar-refractivity contribution in [1.82, 2.24) is 25.0 Å². The normalized spacial score (nSPS) is 13.2. The lowest BCUT2D eigenvalue weighted by Crippen LogP contribution is -2.20. The summed E-state index contributed by atoms with van der Waals surface area (Å²) in [6.07, 6.45) is 3.28. The number of fused-ring (bicyclic) bond motifs is 1. The van der Waals surface area contributed by atoms with Gasteiger partial charge in [-0.25, -0.2) is 0 Å². The second-order valence-corrected chi connectivity index (χ2v) is 4.44. The van der Waals surface area contributed by atoms with Crippen LogP contribution in [-0.2, 0) is 0 Å². The summed E-state index contributed by atoms with van der Waals surface area (Å²) in [5.74, 6) is 1.16. The fraction of sp³-hybridized carbons (Fsp3) is 0.556. The molecule has 16 heavy (non-hydrogen) atoms. The van der Waals surface area contributed by atoms with E-state index >= 15 is 0 Å². The van der Waals surface area contributed by atoms with Crippen LogP contribution in [0.1, 0.15) is 13.8 Å². The summed E-state index contributed by atoms with van der Waals surface area (Å²) < 4.78 is 1.59. The predicted octanol–water partition coefficient (Wildman–Crippen LogP) is 1.19. The van der Waals surface area contributed by atoms with Gasteiger partial charge in [0.15, 0.2) is 5.65 Å². The maximum atomic E-state index is 6.15. The lowest BCUT2D eigenvalue weighted by molar-refractivity contribution is 0.614. The van der Waals surface area contributed by atoms with Crippen LogP contribution >= 0.6 is 11.6 Å². The SMILES string of the molecule is CC(C)C(Cl)CNc1cncc2nnnn12. The summed E-state index contributed by atoms with van der Waals surface area (Å²) in [7, 11) is 0. The van der Waals surface area contributed by atoms with Crippen molar-refractivity contribution in [3.05, 3.63) is 12.4 Å². The van der Waals surface area contributed by atoms with E-state index in [0.29, 0.717) is 18.1 Å². The molecule has 0 saturated heterocycles. The Kier molecular flexibility index (Phi) is 3.19. The highest BCUT2D eigenvalue weighted by Gasteiger charge is 2.10. The van der Waals surface area contributed by atoms with Crippen molar-refractivity contribution in [2.75, 3.05) is 11.9 Å². The number of hydrogen-bond donors (Lipinski definition) is 1. The van der Waals surface area contributed by atoms with Gasteiger partial charge in [-0.1, -0.05) is 13.8 Å². The number of hydrogen-bond acceptors (Lipinski definition) is 5.